The first kappa shape index (κ1) is 18.9. The summed E-state index contributed by atoms with van der Waals surface area (Å²) in [5.41, 5.74) is 3.93. The van der Waals surface area contributed by atoms with Crippen molar-refractivity contribution in [3.63, 3.8) is 0 Å². The number of rotatable bonds is 8. The fourth-order valence-corrected chi connectivity index (χ4v) is 3.24. The van der Waals surface area contributed by atoms with Crippen LogP contribution in [0.4, 0.5) is 0 Å². The smallest absolute Gasteiger partial charge is 0.221 e. The molecule has 3 aromatic rings. The van der Waals surface area contributed by atoms with Gasteiger partial charge in [-0.25, -0.2) is 4.98 Å². The average Bonchev–Trinajstić information content (AvgIpc) is 3.09. The van der Waals surface area contributed by atoms with Crippen LogP contribution in [0, 0.1) is 6.92 Å². The number of aryl methyl sites for hydroxylation is 1. The van der Waals surface area contributed by atoms with Crippen LogP contribution in [0.2, 0.25) is 0 Å². The lowest BCUT2D eigenvalue weighted by molar-refractivity contribution is -0.121. The SMILES string of the molecule is COCCNC(=O)CC(c1ccccc1OC)c1cnc2cc(C)ccn12. The second-order valence-electron chi connectivity index (χ2n) is 6.46. The van der Waals surface area contributed by atoms with Crippen LogP contribution in [0.5, 0.6) is 5.75 Å². The third-order valence-corrected chi connectivity index (χ3v) is 4.59. The maximum Gasteiger partial charge on any atom is 0.221 e. The van der Waals surface area contributed by atoms with Crippen LogP contribution in [-0.4, -0.2) is 42.7 Å². The largest absolute Gasteiger partial charge is 0.496 e. The van der Waals surface area contributed by atoms with Gasteiger partial charge in [0.2, 0.25) is 5.91 Å². The van der Waals surface area contributed by atoms with Gasteiger partial charge in [0.1, 0.15) is 11.4 Å². The molecule has 1 atom stereocenters. The molecule has 0 bridgehead atoms. The molecule has 0 aliphatic carbocycles. The summed E-state index contributed by atoms with van der Waals surface area (Å²) in [5, 5.41) is 2.91. The summed E-state index contributed by atoms with van der Waals surface area (Å²) in [6.07, 6.45) is 4.14. The molecular formula is C21H25N3O3. The van der Waals surface area contributed by atoms with Gasteiger partial charge in [-0.1, -0.05) is 18.2 Å². The minimum atomic E-state index is -0.179. The maximum absolute atomic E-state index is 12.5. The molecule has 1 N–H and O–H groups in total. The van der Waals surface area contributed by atoms with Crippen LogP contribution < -0.4 is 10.1 Å². The Morgan fingerprint density at radius 2 is 2.07 bits per heavy atom. The predicted octanol–water partition coefficient (Wildman–Crippen LogP) is 2.94. The lowest BCUT2D eigenvalue weighted by atomic mass is 9.91. The zero-order chi connectivity index (χ0) is 19.2. The number of carbonyl (C=O) groups excluding carboxylic acids is 1. The second-order valence-corrected chi connectivity index (χ2v) is 6.46. The topological polar surface area (TPSA) is 64.9 Å². The molecule has 1 unspecified atom stereocenters. The number of aromatic nitrogens is 2. The number of hydrogen-bond acceptors (Lipinski definition) is 4. The van der Waals surface area contributed by atoms with Crippen molar-refractivity contribution >= 4 is 11.6 Å². The third-order valence-electron chi connectivity index (χ3n) is 4.59. The van der Waals surface area contributed by atoms with E-state index in [0.29, 0.717) is 19.6 Å². The van der Waals surface area contributed by atoms with Crippen LogP contribution in [-0.2, 0) is 9.53 Å². The maximum atomic E-state index is 12.5. The molecule has 6 nitrogen and oxygen atoms in total. The molecular weight excluding hydrogens is 342 g/mol. The summed E-state index contributed by atoms with van der Waals surface area (Å²) in [4.78, 5) is 17.1. The summed E-state index contributed by atoms with van der Waals surface area (Å²) in [6.45, 7) is 3.01. The van der Waals surface area contributed by atoms with Crippen molar-refractivity contribution in [1.82, 2.24) is 14.7 Å². The van der Waals surface area contributed by atoms with E-state index in [1.54, 1.807) is 14.2 Å². The van der Waals surface area contributed by atoms with Crippen LogP contribution in [0.15, 0.2) is 48.8 Å². The number of nitrogens with one attached hydrogen (secondary N) is 1. The Kier molecular flexibility index (Phi) is 6.08. The van der Waals surface area contributed by atoms with Crippen LogP contribution in [0.3, 0.4) is 0 Å². The number of nitrogens with zero attached hydrogens (tertiary/aromatic N) is 2. The van der Waals surface area contributed by atoms with Crippen LogP contribution in [0.25, 0.3) is 5.65 Å². The highest BCUT2D eigenvalue weighted by Gasteiger charge is 2.24. The van der Waals surface area contributed by atoms with E-state index in [1.165, 1.54) is 0 Å². The molecule has 0 spiro atoms. The molecule has 3 rings (SSSR count). The van der Waals surface area contributed by atoms with Crippen molar-refractivity contribution in [3.8, 4) is 5.75 Å². The summed E-state index contributed by atoms with van der Waals surface area (Å²) in [7, 11) is 3.26. The van der Waals surface area contributed by atoms with E-state index in [4.69, 9.17) is 9.47 Å². The Labute approximate surface area is 159 Å². The Hall–Kier alpha value is -2.86. The van der Waals surface area contributed by atoms with E-state index in [9.17, 15) is 4.79 Å². The predicted molar refractivity (Wildman–Crippen MR) is 104 cm³/mol. The van der Waals surface area contributed by atoms with Gasteiger partial charge in [-0.2, -0.15) is 0 Å². The first-order chi connectivity index (χ1) is 13.1. The highest BCUT2D eigenvalue weighted by atomic mass is 16.5. The lowest BCUT2D eigenvalue weighted by Crippen LogP contribution is -2.28. The van der Waals surface area contributed by atoms with Crippen molar-refractivity contribution in [3.05, 3.63) is 65.6 Å². The van der Waals surface area contributed by atoms with Crippen LogP contribution in [0.1, 0.15) is 29.2 Å². The summed E-state index contributed by atoms with van der Waals surface area (Å²) < 4.78 is 12.6. The summed E-state index contributed by atoms with van der Waals surface area (Å²) >= 11 is 0. The number of methoxy groups -OCH3 is 2. The number of ether oxygens (including phenoxy) is 2. The van der Waals surface area contributed by atoms with Crippen molar-refractivity contribution in [2.75, 3.05) is 27.4 Å². The fourth-order valence-electron chi connectivity index (χ4n) is 3.24. The van der Waals surface area contributed by atoms with Gasteiger partial charge in [-0.3, -0.25) is 4.79 Å². The molecule has 0 radical (unpaired) electrons. The minimum Gasteiger partial charge on any atom is -0.496 e. The third kappa shape index (κ3) is 4.28. The first-order valence-corrected chi connectivity index (χ1v) is 8.96. The molecule has 2 heterocycles. The minimum absolute atomic E-state index is 0.0370. The van der Waals surface area contributed by atoms with E-state index >= 15 is 0 Å². The van der Waals surface area contributed by atoms with Crippen molar-refractivity contribution in [1.29, 1.82) is 0 Å². The highest BCUT2D eigenvalue weighted by molar-refractivity contribution is 5.77. The molecule has 0 saturated carbocycles. The van der Waals surface area contributed by atoms with Gasteiger partial charge in [0.05, 0.1) is 19.4 Å². The van der Waals surface area contributed by atoms with E-state index in [2.05, 4.69) is 10.3 Å². The van der Waals surface area contributed by atoms with Gasteiger partial charge in [0.15, 0.2) is 0 Å². The normalized spacial score (nSPS) is 12.1. The highest BCUT2D eigenvalue weighted by Crippen LogP contribution is 2.34. The quantitative estimate of drug-likeness (QED) is 0.622. The number of hydrogen-bond donors (Lipinski definition) is 1. The number of carbonyl (C=O) groups is 1. The molecule has 0 fully saturated rings. The number of benzene rings is 1. The zero-order valence-corrected chi connectivity index (χ0v) is 15.9. The summed E-state index contributed by atoms with van der Waals surface area (Å²) in [6, 6.07) is 11.9. The Morgan fingerprint density at radius 1 is 1.26 bits per heavy atom. The van der Waals surface area contributed by atoms with Gasteiger partial charge in [0.25, 0.3) is 0 Å². The van der Waals surface area contributed by atoms with Gasteiger partial charge >= 0.3 is 0 Å². The van der Waals surface area contributed by atoms with E-state index < -0.39 is 0 Å². The number of fused-ring (bicyclic) bond motifs is 1. The second kappa shape index (κ2) is 8.68. The molecule has 27 heavy (non-hydrogen) atoms. The van der Waals surface area contributed by atoms with E-state index in [0.717, 1.165) is 28.2 Å². The Balaban J connectivity index is 2.00. The molecule has 1 amide bonds. The van der Waals surface area contributed by atoms with E-state index in [-0.39, 0.29) is 11.8 Å². The average molecular weight is 367 g/mol. The van der Waals surface area contributed by atoms with Gasteiger partial charge in [-0.05, 0) is 30.7 Å². The van der Waals surface area contributed by atoms with E-state index in [1.807, 2.05) is 60.1 Å². The molecule has 0 aliphatic heterocycles. The number of pyridine rings is 1. The Morgan fingerprint density at radius 3 is 2.85 bits per heavy atom. The molecule has 142 valence electrons. The van der Waals surface area contributed by atoms with Gasteiger partial charge in [0, 0.05) is 44.0 Å². The molecule has 6 heteroatoms. The van der Waals surface area contributed by atoms with Crippen molar-refractivity contribution in [2.24, 2.45) is 0 Å². The molecule has 0 saturated heterocycles. The van der Waals surface area contributed by atoms with Gasteiger partial charge < -0.3 is 19.2 Å². The molecule has 1 aromatic carbocycles. The standard InChI is InChI=1S/C21H25N3O3/c1-15-8-10-24-18(14-23-20(24)12-15)17(13-21(25)22-9-11-26-2)16-6-4-5-7-19(16)27-3/h4-8,10,12,14,17H,9,11,13H2,1-3H3,(H,22,25). The lowest BCUT2D eigenvalue weighted by Gasteiger charge is -2.20. The zero-order valence-electron chi connectivity index (χ0n) is 15.9. The number of para-hydroxylation sites is 1. The molecule has 2 aromatic heterocycles. The Bertz CT molecular complexity index is 920. The van der Waals surface area contributed by atoms with Crippen LogP contribution >= 0.6 is 0 Å². The van der Waals surface area contributed by atoms with Crippen molar-refractivity contribution in [2.45, 2.75) is 19.3 Å². The monoisotopic (exact) mass is 367 g/mol. The summed E-state index contributed by atoms with van der Waals surface area (Å²) in [5.74, 6) is 0.542. The van der Waals surface area contributed by atoms with Crippen molar-refractivity contribution < 1.29 is 14.3 Å². The number of imidazole rings is 1. The van der Waals surface area contributed by atoms with Gasteiger partial charge in [-0.15, -0.1) is 0 Å². The molecule has 0 aliphatic rings. The fraction of sp³-hybridized carbons (Fsp3) is 0.333. The first-order valence-electron chi connectivity index (χ1n) is 8.96. The number of amides is 1.